The zero-order valence-corrected chi connectivity index (χ0v) is 27.1. The van der Waals surface area contributed by atoms with Gasteiger partial charge in [0.2, 0.25) is 6.29 Å². The number of allylic oxidation sites excluding steroid dienone is 1. The summed E-state index contributed by atoms with van der Waals surface area (Å²) in [6.45, 7) is 6.97. The highest BCUT2D eigenvalue weighted by Crippen LogP contribution is 2.83. The molecule has 13 nitrogen and oxygen atoms in total. The topological polar surface area (TPSA) is 202 Å². The van der Waals surface area contributed by atoms with E-state index in [2.05, 4.69) is 13.0 Å². The van der Waals surface area contributed by atoms with Crippen LogP contribution in [0.5, 0.6) is 0 Å². The molecule has 0 aromatic rings. The summed E-state index contributed by atoms with van der Waals surface area (Å²) in [5.74, 6) is -1.00. The predicted octanol–water partition coefficient (Wildman–Crippen LogP) is -0.332. The Morgan fingerprint density at radius 3 is 2.33 bits per heavy atom. The molecule has 6 N–H and O–H groups in total. The fraction of sp³-hybridized carbons (Fsp3) is 0.879. The molecule has 0 radical (unpaired) electrons. The molecule has 2 aliphatic heterocycles. The Balaban J connectivity index is 1.43. The highest BCUT2D eigenvalue weighted by atomic mass is 16.7. The molecule has 5 fully saturated rings. The van der Waals surface area contributed by atoms with E-state index in [4.69, 9.17) is 23.7 Å². The maximum Gasteiger partial charge on any atom is 0.320 e. The van der Waals surface area contributed by atoms with Crippen molar-refractivity contribution < 1.29 is 63.9 Å². The average molecular weight is 655 g/mol. The van der Waals surface area contributed by atoms with Gasteiger partial charge in [-0.2, -0.15) is 0 Å². The molecule has 4 bridgehead atoms. The Kier molecular flexibility index (Phi) is 9.05. The number of rotatable bonds is 9. The molecule has 0 spiro atoms. The number of fused-ring (bicyclic) bond motifs is 2. The molecule has 0 aromatic carbocycles. The van der Waals surface area contributed by atoms with Crippen LogP contribution in [0.1, 0.15) is 53.4 Å². The van der Waals surface area contributed by atoms with Crippen molar-refractivity contribution in [2.75, 3.05) is 20.3 Å². The van der Waals surface area contributed by atoms with Crippen molar-refractivity contribution >= 4 is 12.3 Å². The van der Waals surface area contributed by atoms with Gasteiger partial charge in [-0.1, -0.05) is 38.8 Å². The monoisotopic (exact) mass is 654 g/mol. The second-order valence-corrected chi connectivity index (χ2v) is 15.0. The van der Waals surface area contributed by atoms with E-state index in [1.54, 1.807) is 6.92 Å². The smallest absolute Gasteiger partial charge is 0.320 e. The Morgan fingerprint density at radius 2 is 1.70 bits per heavy atom. The minimum absolute atomic E-state index is 0.0987. The third-order valence-corrected chi connectivity index (χ3v) is 12.7. The largest absolute Gasteiger partial charge is 0.432 e. The first-order valence-electron chi connectivity index (χ1n) is 16.6. The number of esters is 1. The molecule has 2 heterocycles. The summed E-state index contributed by atoms with van der Waals surface area (Å²) in [6.07, 6.45) is -8.04. The van der Waals surface area contributed by atoms with Crippen LogP contribution in [0.25, 0.3) is 0 Å². The van der Waals surface area contributed by atoms with Crippen LogP contribution >= 0.6 is 0 Å². The summed E-state index contributed by atoms with van der Waals surface area (Å²) >= 11 is 0. The maximum atomic E-state index is 15.1. The van der Waals surface area contributed by atoms with Crippen LogP contribution < -0.4 is 0 Å². The number of hydrogen-bond donors (Lipinski definition) is 6. The van der Waals surface area contributed by atoms with E-state index in [1.807, 2.05) is 13.8 Å². The lowest BCUT2D eigenvalue weighted by Crippen LogP contribution is -2.66. The first-order valence-corrected chi connectivity index (χ1v) is 16.6. The number of methoxy groups -OCH3 is 1. The Morgan fingerprint density at radius 1 is 1.00 bits per heavy atom. The third kappa shape index (κ3) is 4.43. The van der Waals surface area contributed by atoms with Gasteiger partial charge in [-0.3, -0.25) is 4.79 Å². The van der Waals surface area contributed by atoms with Crippen molar-refractivity contribution in [1.29, 1.82) is 0 Å². The molecule has 6 rings (SSSR count). The van der Waals surface area contributed by atoms with Crippen LogP contribution in [0.3, 0.4) is 0 Å². The highest BCUT2D eigenvalue weighted by Gasteiger charge is 2.85. The lowest BCUT2D eigenvalue weighted by atomic mass is 9.43. The van der Waals surface area contributed by atoms with Crippen LogP contribution in [-0.4, -0.2) is 125 Å². The van der Waals surface area contributed by atoms with Gasteiger partial charge >= 0.3 is 5.97 Å². The molecule has 3 saturated carbocycles. The minimum atomic E-state index is -1.82. The van der Waals surface area contributed by atoms with Crippen LogP contribution in [0.4, 0.5) is 0 Å². The Labute approximate surface area is 268 Å². The number of aldehydes is 1. The second kappa shape index (κ2) is 12.1. The van der Waals surface area contributed by atoms with Gasteiger partial charge in [-0.05, 0) is 55.8 Å². The summed E-state index contributed by atoms with van der Waals surface area (Å²) in [5.41, 5.74) is -3.02. The number of aliphatic hydroxyl groups is 6. The number of hydrogen-bond acceptors (Lipinski definition) is 13. The molecular formula is C33H50O13. The molecule has 2 saturated heterocycles. The Hall–Kier alpha value is -1.52. The van der Waals surface area contributed by atoms with E-state index in [-0.39, 0.29) is 36.2 Å². The molecule has 0 amide bonds. The van der Waals surface area contributed by atoms with Crippen molar-refractivity contribution in [3.63, 3.8) is 0 Å². The molecule has 46 heavy (non-hydrogen) atoms. The molecule has 260 valence electrons. The average Bonchev–Trinajstić information content (AvgIpc) is 3.60. The third-order valence-electron chi connectivity index (χ3n) is 12.7. The zero-order chi connectivity index (χ0) is 33.5. The molecule has 17 atom stereocenters. The normalized spacial score (nSPS) is 52.8. The van der Waals surface area contributed by atoms with Crippen molar-refractivity contribution in [3.05, 3.63) is 11.6 Å². The van der Waals surface area contributed by atoms with Gasteiger partial charge in [0.15, 0.2) is 6.29 Å². The van der Waals surface area contributed by atoms with Crippen molar-refractivity contribution in [2.24, 2.45) is 45.8 Å². The quantitative estimate of drug-likeness (QED) is 0.107. The predicted molar refractivity (Wildman–Crippen MR) is 157 cm³/mol. The van der Waals surface area contributed by atoms with E-state index < -0.39 is 90.2 Å². The minimum Gasteiger partial charge on any atom is -0.432 e. The first kappa shape index (κ1) is 34.3. The summed E-state index contributed by atoms with van der Waals surface area (Å²) in [7, 11) is 1.42. The maximum absolute atomic E-state index is 15.1. The molecular weight excluding hydrogens is 604 g/mol. The summed E-state index contributed by atoms with van der Waals surface area (Å²) in [5, 5.41) is 63.2. The molecule has 13 heteroatoms. The lowest BCUT2D eigenvalue weighted by molar-refractivity contribution is -0.311. The zero-order valence-electron chi connectivity index (χ0n) is 27.1. The molecule has 4 aliphatic carbocycles. The van der Waals surface area contributed by atoms with E-state index in [9.17, 15) is 35.4 Å². The molecule has 6 aliphatic rings. The van der Waals surface area contributed by atoms with Crippen molar-refractivity contribution in [2.45, 2.75) is 115 Å². The Bertz CT molecular complexity index is 1210. The van der Waals surface area contributed by atoms with Crippen LogP contribution in [0.15, 0.2) is 11.6 Å². The summed E-state index contributed by atoms with van der Waals surface area (Å²) < 4.78 is 29.3. The number of carbonyl (C=O) groups is 2. The van der Waals surface area contributed by atoms with Gasteiger partial charge in [0, 0.05) is 12.5 Å². The van der Waals surface area contributed by atoms with Crippen LogP contribution in [0, 0.1) is 45.8 Å². The fourth-order valence-electron chi connectivity index (χ4n) is 10.7. The van der Waals surface area contributed by atoms with E-state index in [1.165, 1.54) is 7.11 Å². The highest BCUT2D eigenvalue weighted by molar-refractivity contribution is 5.91. The van der Waals surface area contributed by atoms with Crippen LogP contribution in [-0.2, 0) is 33.3 Å². The van der Waals surface area contributed by atoms with Gasteiger partial charge in [0.05, 0.1) is 24.7 Å². The van der Waals surface area contributed by atoms with Gasteiger partial charge in [-0.25, -0.2) is 0 Å². The standard InChI is InChI=1S/C33H50O13/c1-14(2)20-8-17-9-31(12-35)19-7-6-15(3)18(19)10-32(17,13-43-28-26(40)24(38)27(42-5)16(4)44-28)33(20,31)30(41)46-29-25(39)23(37)22(36)21(11-34)45-29/h8,12,14-19,21-29,34,36-40H,6-7,9-11,13H2,1-5H3/t15-,16+,17-,18-,19-,21+,22+,23+,24-,25+,26+,27+,28-,29-,31-,32-,33-/m1/s1. The molecule has 0 unspecified atom stereocenters. The van der Waals surface area contributed by atoms with Gasteiger partial charge in [-0.15, -0.1) is 0 Å². The van der Waals surface area contributed by atoms with Gasteiger partial charge in [0.25, 0.3) is 0 Å². The van der Waals surface area contributed by atoms with Crippen molar-refractivity contribution in [1.82, 2.24) is 0 Å². The summed E-state index contributed by atoms with van der Waals surface area (Å²) in [4.78, 5) is 28.8. The van der Waals surface area contributed by atoms with Crippen LogP contribution in [0.2, 0.25) is 0 Å². The number of ether oxygens (including phenoxy) is 5. The molecule has 0 aromatic heterocycles. The van der Waals surface area contributed by atoms with Gasteiger partial charge in [0.1, 0.15) is 54.4 Å². The summed E-state index contributed by atoms with van der Waals surface area (Å²) in [6, 6.07) is 0. The van der Waals surface area contributed by atoms with Gasteiger partial charge < -0.3 is 59.1 Å². The van der Waals surface area contributed by atoms with E-state index in [0.717, 1.165) is 24.7 Å². The lowest BCUT2D eigenvalue weighted by Gasteiger charge is -2.59. The first-order chi connectivity index (χ1) is 21.8. The number of carbonyl (C=O) groups excluding carboxylic acids is 2. The SMILES string of the molecule is CO[C@@H]1[C@H](O)[C@H](O)[C@H](OC[C@]23C[C@@H]4[C@H](C)CC[C@H]4[C@]4(C=O)C[C@H]2C=C(C(C)C)[C@]34C(=O)O[C@H]2O[C@@H](CO)[C@H](O)[C@H](O)[C@@H]2O)O[C@H]1C. The number of aliphatic hydroxyl groups excluding tert-OH is 6. The van der Waals surface area contributed by atoms with E-state index >= 15 is 4.79 Å². The van der Waals surface area contributed by atoms with Crippen molar-refractivity contribution in [3.8, 4) is 0 Å². The fourth-order valence-corrected chi connectivity index (χ4v) is 10.7. The van der Waals surface area contributed by atoms with E-state index in [0.29, 0.717) is 12.8 Å². The second-order valence-electron chi connectivity index (χ2n) is 15.0.